The molecule has 1 atom stereocenters. The molecule has 0 fully saturated rings. The Morgan fingerprint density at radius 1 is 1.37 bits per heavy atom. The summed E-state index contributed by atoms with van der Waals surface area (Å²) < 4.78 is 1.59. The number of nitrogens with one attached hydrogen (secondary N) is 1. The molecule has 0 aliphatic heterocycles. The number of hydrogen-bond donors (Lipinski definition) is 3. The van der Waals surface area contributed by atoms with Gasteiger partial charge in [0.1, 0.15) is 5.82 Å². The topological polar surface area (TPSA) is 81.9 Å². The van der Waals surface area contributed by atoms with Crippen LogP contribution in [0.5, 0.6) is 0 Å². The highest BCUT2D eigenvalue weighted by atomic mass is 35.5. The van der Waals surface area contributed by atoms with E-state index in [9.17, 15) is 0 Å². The average Bonchev–Trinajstić information content (AvgIpc) is 2.71. The zero-order valence-corrected chi connectivity index (χ0v) is 11.9. The van der Waals surface area contributed by atoms with Crippen molar-refractivity contribution in [3.8, 4) is 0 Å². The number of nitrogens with zero attached hydrogens (tertiary/aromatic N) is 2. The molecule has 7 heteroatoms. The lowest BCUT2D eigenvalue weighted by molar-refractivity contribution is 0.553. The first-order chi connectivity index (χ1) is 9.04. The van der Waals surface area contributed by atoms with Gasteiger partial charge in [-0.3, -0.25) is 16.0 Å². The number of rotatable bonds is 4. The van der Waals surface area contributed by atoms with Crippen LogP contribution in [0.1, 0.15) is 17.2 Å². The van der Waals surface area contributed by atoms with Gasteiger partial charge in [0, 0.05) is 22.7 Å². The van der Waals surface area contributed by atoms with Gasteiger partial charge in [0.2, 0.25) is 0 Å². The van der Waals surface area contributed by atoms with Gasteiger partial charge in [-0.2, -0.15) is 5.10 Å². The third-order valence-electron chi connectivity index (χ3n) is 3.06. The quantitative estimate of drug-likeness (QED) is 0.596. The average molecular weight is 300 g/mol. The molecule has 19 heavy (non-hydrogen) atoms. The second-order valence-electron chi connectivity index (χ2n) is 4.23. The maximum atomic E-state index is 6.16. The van der Waals surface area contributed by atoms with Crippen molar-refractivity contribution in [1.29, 1.82) is 0 Å². The third kappa shape index (κ3) is 2.84. The summed E-state index contributed by atoms with van der Waals surface area (Å²) in [7, 11) is 1.77. The molecule has 0 saturated carbocycles. The van der Waals surface area contributed by atoms with E-state index in [4.69, 9.17) is 34.8 Å². The number of halogens is 2. The lowest BCUT2D eigenvalue weighted by Crippen LogP contribution is -2.30. The zero-order chi connectivity index (χ0) is 14.0. The predicted octanol–water partition coefficient (Wildman–Crippen LogP) is 2.06. The highest BCUT2D eigenvalue weighted by Gasteiger charge is 2.19. The van der Waals surface area contributed by atoms with Crippen LogP contribution >= 0.6 is 23.2 Å². The molecule has 1 aromatic carbocycles. The van der Waals surface area contributed by atoms with Crippen molar-refractivity contribution in [1.82, 2.24) is 15.2 Å². The second-order valence-corrected chi connectivity index (χ2v) is 5.05. The van der Waals surface area contributed by atoms with Gasteiger partial charge >= 0.3 is 0 Å². The molecule has 1 aromatic heterocycles. The number of nitrogen functional groups attached to an aromatic ring is 1. The third-order valence-corrected chi connectivity index (χ3v) is 3.77. The largest absolute Gasteiger partial charge is 0.384 e. The maximum absolute atomic E-state index is 6.16. The summed E-state index contributed by atoms with van der Waals surface area (Å²) in [5, 5.41) is 5.31. The molecule has 5 nitrogen and oxygen atoms in total. The number of benzene rings is 1. The minimum Gasteiger partial charge on any atom is -0.384 e. The summed E-state index contributed by atoms with van der Waals surface area (Å²) in [6.45, 7) is 0. The number of aryl methyl sites for hydroxylation is 1. The van der Waals surface area contributed by atoms with E-state index in [0.717, 1.165) is 11.1 Å². The van der Waals surface area contributed by atoms with Gasteiger partial charge in [0.25, 0.3) is 0 Å². The van der Waals surface area contributed by atoms with Gasteiger partial charge < -0.3 is 5.73 Å². The van der Waals surface area contributed by atoms with Crippen LogP contribution < -0.4 is 17.0 Å². The molecule has 2 rings (SSSR count). The van der Waals surface area contributed by atoms with Gasteiger partial charge in [-0.05, 0) is 24.1 Å². The van der Waals surface area contributed by atoms with Gasteiger partial charge in [-0.25, -0.2) is 0 Å². The van der Waals surface area contributed by atoms with Gasteiger partial charge in [0.15, 0.2) is 0 Å². The Labute approximate surface area is 121 Å². The highest BCUT2D eigenvalue weighted by Crippen LogP contribution is 2.30. The molecule has 0 spiro atoms. The SMILES string of the molecule is Cn1ncc(C(Cc2c(Cl)cccc2Cl)NN)c1N. The van der Waals surface area contributed by atoms with E-state index < -0.39 is 0 Å². The van der Waals surface area contributed by atoms with E-state index in [1.807, 2.05) is 0 Å². The summed E-state index contributed by atoms with van der Waals surface area (Å²) in [6, 6.07) is 5.19. The highest BCUT2D eigenvalue weighted by molar-refractivity contribution is 6.36. The fourth-order valence-corrected chi connectivity index (χ4v) is 2.47. The van der Waals surface area contributed by atoms with E-state index in [-0.39, 0.29) is 6.04 Å². The number of hydrazine groups is 1. The summed E-state index contributed by atoms with van der Waals surface area (Å²) in [4.78, 5) is 0. The van der Waals surface area contributed by atoms with Crippen molar-refractivity contribution in [2.45, 2.75) is 12.5 Å². The van der Waals surface area contributed by atoms with Gasteiger partial charge in [-0.15, -0.1) is 0 Å². The second kappa shape index (κ2) is 5.79. The van der Waals surface area contributed by atoms with E-state index in [0.29, 0.717) is 22.3 Å². The molecule has 0 aliphatic rings. The first-order valence-electron chi connectivity index (χ1n) is 5.71. The fourth-order valence-electron chi connectivity index (χ4n) is 1.92. The van der Waals surface area contributed by atoms with E-state index >= 15 is 0 Å². The summed E-state index contributed by atoms with van der Waals surface area (Å²) in [6.07, 6.45) is 2.22. The standard InChI is InChI=1S/C12H15Cl2N5/c1-19-12(15)8(6-17-19)11(18-16)5-7-9(13)3-2-4-10(7)14/h2-4,6,11,18H,5,15-16H2,1H3. The maximum Gasteiger partial charge on any atom is 0.126 e. The van der Waals surface area contributed by atoms with Crippen LogP contribution in [0.2, 0.25) is 10.0 Å². The number of nitrogens with two attached hydrogens (primary N) is 2. The first-order valence-corrected chi connectivity index (χ1v) is 6.46. The van der Waals surface area contributed by atoms with Crippen LogP contribution in [0, 0.1) is 0 Å². The van der Waals surface area contributed by atoms with Gasteiger partial charge in [0.05, 0.1) is 12.2 Å². The Balaban J connectivity index is 2.32. The van der Waals surface area contributed by atoms with E-state index in [2.05, 4.69) is 10.5 Å². The van der Waals surface area contributed by atoms with Crippen LogP contribution in [0.25, 0.3) is 0 Å². The molecule has 2 aromatic rings. The molecule has 0 bridgehead atoms. The van der Waals surface area contributed by atoms with Crippen LogP contribution in [0.4, 0.5) is 5.82 Å². The van der Waals surface area contributed by atoms with Crippen molar-refractivity contribution >= 4 is 29.0 Å². The Morgan fingerprint density at radius 3 is 2.47 bits per heavy atom. The van der Waals surface area contributed by atoms with Crippen LogP contribution in [0.3, 0.4) is 0 Å². The van der Waals surface area contributed by atoms with E-state index in [1.54, 1.807) is 36.1 Å². The number of aromatic nitrogens is 2. The Bertz CT molecular complexity index is 561. The Hall–Kier alpha value is -1.27. The first kappa shape index (κ1) is 14.1. The van der Waals surface area contributed by atoms with Crippen molar-refractivity contribution in [2.24, 2.45) is 12.9 Å². The molecule has 5 N–H and O–H groups in total. The number of hydrogen-bond acceptors (Lipinski definition) is 4. The lowest BCUT2D eigenvalue weighted by atomic mass is 10.0. The smallest absolute Gasteiger partial charge is 0.126 e. The monoisotopic (exact) mass is 299 g/mol. The fraction of sp³-hybridized carbons (Fsp3) is 0.250. The molecule has 1 heterocycles. The normalized spacial score (nSPS) is 12.6. The molecule has 0 radical (unpaired) electrons. The summed E-state index contributed by atoms with van der Waals surface area (Å²) in [5.74, 6) is 6.16. The molecule has 1 unspecified atom stereocenters. The predicted molar refractivity (Wildman–Crippen MR) is 77.9 cm³/mol. The molecule has 0 saturated heterocycles. The molecular weight excluding hydrogens is 285 g/mol. The number of anilines is 1. The Morgan fingerprint density at radius 2 is 2.00 bits per heavy atom. The lowest BCUT2D eigenvalue weighted by Gasteiger charge is -2.17. The Kier molecular flexibility index (Phi) is 4.31. The summed E-state index contributed by atoms with van der Waals surface area (Å²) in [5.41, 5.74) is 10.3. The molecular formula is C12H15Cl2N5. The van der Waals surface area contributed by atoms with E-state index in [1.165, 1.54) is 0 Å². The zero-order valence-electron chi connectivity index (χ0n) is 10.4. The van der Waals surface area contributed by atoms with Crippen molar-refractivity contribution in [3.63, 3.8) is 0 Å². The van der Waals surface area contributed by atoms with Crippen molar-refractivity contribution in [3.05, 3.63) is 45.6 Å². The minimum absolute atomic E-state index is 0.203. The van der Waals surface area contributed by atoms with Crippen LogP contribution in [-0.2, 0) is 13.5 Å². The summed E-state index contributed by atoms with van der Waals surface area (Å²) >= 11 is 12.3. The van der Waals surface area contributed by atoms with Crippen molar-refractivity contribution < 1.29 is 0 Å². The van der Waals surface area contributed by atoms with Crippen LogP contribution in [-0.4, -0.2) is 9.78 Å². The molecule has 0 aliphatic carbocycles. The van der Waals surface area contributed by atoms with Crippen LogP contribution in [0.15, 0.2) is 24.4 Å². The minimum atomic E-state index is -0.203. The molecule has 102 valence electrons. The molecule has 0 amide bonds. The van der Waals surface area contributed by atoms with Crippen molar-refractivity contribution in [2.75, 3.05) is 5.73 Å². The van der Waals surface area contributed by atoms with Gasteiger partial charge in [-0.1, -0.05) is 29.3 Å².